The molecule has 2 aromatic carbocycles. The van der Waals surface area contributed by atoms with Crippen LogP contribution in [0.1, 0.15) is 11.1 Å². The number of halogens is 1. The topological polar surface area (TPSA) is 81.6 Å². The molecule has 2 atom stereocenters. The minimum absolute atomic E-state index is 0.263. The van der Waals surface area contributed by atoms with Crippen molar-refractivity contribution in [2.45, 2.75) is 25.0 Å². The summed E-state index contributed by atoms with van der Waals surface area (Å²) in [5.74, 6) is -0.268. The van der Waals surface area contributed by atoms with Gasteiger partial charge in [-0.3, -0.25) is 0 Å². The van der Waals surface area contributed by atoms with Crippen molar-refractivity contribution in [1.82, 2.24) is 10.6 Å². The Morgan fingerprint density at radius 1 is 1.04 bits per heavy atom. The van der Waals surface area contributed by atoms with Gasteiger partial charge < -0.3 is 20.8 Å². The van der Waals surface area contributed by atoms with E-state index in [2.05, 4.69) is 10.6 Å². The fourth-order valence-electron chi connectivity index (χ4n) is 2.59. The van der Waals surface area contributed by atoms with Crippen LogP contribution in [-0.2, 0) is 12.8 Å². The quantitative estimate of drug-likeness (QED) is 0.525. The van der Waals surface area contributed by atoms with E-state index in [4.69, 9.17) is 5.11 Å². The average molecular weight is 346 g/mol. The molecule has 0 saturated carbocycles. The third-order valence-corrected chi connectivity index (χ3v) is 3.93. The predicted octanol–water partition coefficient (Wildman–Crippen LogP) is 2.20. The molecule has 0 fully saturated rings. The minimum atomic E-state index is -1.16. The fraction of sp³-hybridized carbons (Fsp3) is 0.316. The van der Waals surface area contributed by atoms with Gasteiger partial charge in [-0.25, -0.2) is 9.18 Å². The summed E-state index contributed by atoms with van der Waals surface area (Å²) in [4.78, 5) is 11.0. The van der Waals surface area contributed by atoms with Crippen LogP contribution in [0.5, 0.6) is 0 Å². The van der Waals surface area contributed by atoms with Gasteiger partial charge in [-0.1, -0.05) is 42.5 Å². The van der Waals surface area contributed by atoms with Crippen molar-refractivity contribution in [3.63, 3.8) is 0 Å². The number of benzene rings is 2. The van der Waals surface area contributed by atoms with Crippen LogP contribution < -0.4 is 10.6 Å². The smallest absolute Gasteiger partial charge is 0.404 e. The van der Waals surface area contributed by atoms with E-state index < -0.39 is 18.2 Å². The van der Waals surface area contributed by atoms with Gasteiger partial charge in [-0.05, 0) is 42.6 Å². The van der Waals surface area contributed by atoms with Gasteiger partial charge in [-0.2, -0.15) is 0 Å². The molecule has 4 N–H and O–H groups in total. The van der Waals surface area contributed by atoms with Crippen molar-refractivity contribution in [3.05, 3.63) is 71.5 Å². The predicted molar refractivity (Wildman–Crippen MR) is 94.1 cm³/mol. The molecule has 0 aliphatic carbocycles. The molecule has 6 heteroatoms. The molecule has 0 aliphatic rings. The first-order valence-electron chi connectivity index (χ1n) is 8.21. The average Bonchev–Trinajstić information content (AvgIpc) is 2.60. The number of aliphatic hydroxyl groups is 1. The SMILES string of the molecule is O=C(O)N[C@@H](Cc1ccccc1)[C@H](O)CNCCc1ccc(F)cc1. The van der Waals surface area contributed by atoms with Crippen LogP contribution in [0.2, 0.25) is 0 Å². The third kappa shape index (κ3) is 6.91. The van der Waals surface area contributed by atoms with Crippen molar-refractivity contribution in [2.75, 3.05) is 13.1 Å². The normalized spacial score (nSPS) is 13.2. The number of carbonyl (C=O) groups is 1. The Bertz CT molecular complexity index is 649. The van der Waals surface area contributed by atoms with E-state index >= 15 is 0 Å². The van der Waals surface area contributed by atoms with Crippen LogP contribution in [0.4, 0.5) is 9.18 Å². The summed E-state index contributed by atoms with van der Waals surface area (Å²) in [7, 11) is 0. The lowest BCUT2D eigenvalue weighted by Crippen LogP contribution is -2.48. The molecule has 134 valence electrons. The number of hydrogen-bond donors (Lipinski definition) is 4. The van der Waals surface area contributed by atoms with Crippen LogP contribution in [0.15, 0.2) is 54.6 Å². The molecule has 0 saturated heterocycles. The van der Waals surface area contributed by atoms with E-state index in [1.807, 2.05) is 30.3 Å². The highest BCUT2D eigenvalue weighted by Crippen LogP contribution is 2.07. The summed E-state index contributed by atoms with van der Waals surface area (Å²) in [6, 6.07) is 15.1. The second-order valence-electron chi connectivity index (χ2n) is 5.89. The monoisotopic (exact) mass is 346 g/mol. The maximum Gasteiger partial charge on any atom is 0.404 e. The molecular formula is C19H23FN2O3. The van der Waals surface area contributed by atoms with E-state index in [-0.39, 0.29) is 12.4 Å². The standard InChI is InChI=1S/C19H23FN2O3/c20-16-8-6-14(7-9-16)10-11-21-13-18(23)17(22-19(24)25)12-15-4-2-1-3-5-15/h1-9,17-18,21-23H,10-13H2,(H,24,25)/t17-,18+/m0/s1. The Kier molecular flexibility index (Phi) is 7.37. The van der Waals surface area contributed by atoms with E-state index in [1.165, 1.54) is 12.1 Å². The largest absolute Gasteiger partial charge is 0.465 e. The van der Waals surface area contributed by atoms with Crippen molar-refractivity contribution >= 4 is 6.09 Å². The van der Waals surface area contributed by atoms with E-state index in [0.29, 0.717) is 19.4 Å². The fourth-order valence-corrected chi connectivity index (χ4v) is 2.59. The summed E-state index contributed by atoms with van der Waals surface area (Å²) in [6.45, 7) is 0.868. The molecule has 25 heavy (non-hydrogen) atoms. The van der Waals surface area contributed by atoms with Crippen LogP contribution in [0.3, 0.4) is 0 Å². The van der Waals surface area contributed by atoms with Crippen LogP contribution in [0.25, 0.3) is 0 Å². The van der Waals surface area contributed by atoms with Crippen molar-refractivity contribution in [2.24, 2.45) is 0 Å². The summed E-state index contributed by atoms with van der Waals surface area (Å²) >= 11 is 0. The zero-order valence-electron chi connectivity index (χ0n) is 13.9. The second-order valence-corrected chi connectivity index (χ2v) is 5.89. The lowest BCUT2D eigenvalue weighted by atomic mass is 10.0. The molecule has 0 aromatic heterocycles. The number of carboxylic acid groups (broad SMARTS) is 1. The molecule has 5 nitrogen and oxygen atoms in total. The van der Waals surface area contributed by atoms with Gasteiger partial charge in [0.25, 0.3) is 0 Å². The first kappa shape index (κ1) is 18.9. The van der Waals surface area contributed by atoms with Gasteiger partial charge in [-0.15, -0.1) is 0 Å². The van der Waals surface area contributed by atoms with Gasteiger partial charge in [0.1, 0.15) is 5.82 Å². The highest BCUT2D eigenvalue weighted by Gasteiger charge is 2.21. The molecule has 1 amide bonds. The number of amides is 1. The van der Waals surface area contributed by atoms with E-state index in [9.17, 15) is 14.3 Å². The first-order chi connectivity index (χ1) is 12.0. The van der Waals surface area contributed by atoms with Crippen LogP contribution in [-0.4, -0.2) is 41.5 Å². The Balaban J connectivity index is 1.80. The summed E-state index contributed by atoms with van der Waals surface area (Å²) in [5, 5.41) is 24.8. The molecule has 0 radical (unpaired) electrons. The van der Waals surface area contributed by atoms with Crippen molar-refractivity contribution < 1.29 is 19.4 Å². The summed E-state index contributed by atoms with van der Waals surface area (Å²) < 4.78 is 12.8. The minimum Gasteiger partial charge on any atom is -0.465 e. The van der Waals surface area contributed by atoms with Gasteiger partial charge in [0.15, 0.2) is 0 Å². The molecule has 2 rings (SSSR count). The third-order valence-electron chi connectivity index (χ3n) is 3.93. The maximum atomic E-state index is 12.8. The molecular weight excluding hydrogens is 323 g/mol. The van der Waals surface area contributed by atoms with Gasteiger partial charge in [0.2, 0.25) is 0 Å². The summed E-state index contributed by atoms with van der Waals surface area (Å²) in [6.07, 6.45) is -0.910. The first-order valence-corrected chi connectivity index (χ1v) is 8.21. The Morgan fingerprint density at radius 3 is 2.36 bits per heavy atom. The number of aliphatic hydroxyl groups excluding tert-OH is 1. The number of hydrogen-bond acceptors (Lipinski definition) is 3. The highest BCUT2D eigenvalue weighted by atomic mass is 19.1. The molecule has 0 spiro atoms. The Hall–Kier alpha value is -2.44. The lowest BCUT2D eigenvalue weighted by molar-refractivity contribution is 0.118. The van der Waals surface area contributed by atoms with Gasteiger partial charge in [0, 0.05) is 6.54 Å². The maximum absolute atomic E-state index is 12.8. The molecule has 0 bridgehead atoms. The summed E-state index contributed by atoms with van der Waals surface area (Å²) in [5.41, 5.74) is 1.94. The van der Waals surface area contributed by atoms with Gasteiger partial charge in [0.05, 0.1) is 12.1 Å². The molecule has 0 unspecified atom stereocenters. The van der Waals surface area contributed by atoms with Crippen LogP contribution >= 0.6 is 0 Å². The molecule has 0 heterocycles. The van der Waals surface area contributed by atoms with Crippen molar-refractivity contribution in [1.29, 1.82) is 0 Å². The zero-order valence-corrected chi connectivity index (χ0v) is 13.9. The van der Waals surface area contributed by atoms with Gasteiger partial charge >= 0.3 is 6.09 Å². The van der Waals surface area contributed by atoms with Crippen molar-refractivity contribution in [3.8, 4) is 0 Å². The number of rotatable bonds is 9. The van der Waals surface area contributed by atoms with E-state index in [0.717, 1.165) is 11.1 Å². The second kappa shape index (κ2) is 9.76. The highest BCUT2D eigenvalue weighted by molar-refractivity contribution is 5.65. The lowest BCUT2D eigenvalue weighted by Gasteiger charge is -2.23. The number of nitrogens with one attached hydrogen (secondary N) is 2. The Labute approximate surface area is 146 Å². The van der Waals surface area contributed by atoms with Crippen LogP contribution in [0, 0.1) is 5.82 Å². The zero-order chi connectivity index (χ0) is 18.1. The Morgan fingerprint density at radius 2 is 1.72 bits per heavy atom. The van der Waals surface area contributed by atoms with E-state index in [1.54, 1.807) is 12.1 Å². The molecule has 0 aliphatic heterocycles. The molecule has 2 aromatic rings.